The third-order valence-corrected chi connectivity index (χ3v) is 4.00. The van der Waals surface area contributed by atoms with Crippen LogP contribution < -0.4 is 18.9 Å². The van der Waals surface area contributed by atoms with Crippen LogP contribution in [-0.4, -0.2) is 28.4 Å². The standard InChI is InChI=1S/C19H20O5/c1-20-13-7-5-12(6-8-13)19-18(23-4)11-15-16(22-3)9-14(21-2)10-17(15)24-19/h5-10H,11H2,1-4H3. The van der Waals surface area contributed by atoms with Gasteiger partial charge in [-0.3, -0.25) is 0 Å². The molecule has 0 N–H and O–H groups in total. The van der Waals surface area contributed by atoms with Crippen molar-refractivity contribution in [2.24, 2.45) is 0 Å². The van der Waals surface area contributed by atoms with Gasteiger partial charge in [-0.15, -0.1) is 0 Å². The number of ether oxygens (including phenoxy) is 5. The molecule has 0 spiro atoms. The Morgan fingerprint density at radius 3 is 2.08 bits per heavy atom. The number of fused-ring (bicyclic) bond motifs is 1. The summed E-state index contributed by atoms with van der Waals surface area (Å²) < 4.78 is 27.7. The molecule has 126 valence electrons. The highest BCUT2D eigenvalue weighted by molar-refractivity contribution is 5.70. The molecular weight excluding hydrogens is 308 g/mol. The monoisotopic (exact) mass is 328 g/mol. The normalized spacial score (nSPS) is 13.0. The predicted molar refractivity (Wildman–Crippen MR) is 90.8 cm³/mol. The fourth-order valence-electron chi connectivity index (χ4n) is 2.70. The van der Waals surface area contributed by atoms with Gasteiger partial charge in [0.1, 0.15) is 28.8 Å². The van der Waals surface area contributed by atoms with Crippen LogP contribution in [0, 0.1) is 0 Å². The van der Waals surface area contributed by atoms with Crippen LogP contribution in [0.25, 0.3) is 5.76 Å². The van der Waals surface area contributed by atoms with Gasteiger partial charge in [0.2, 0.25) is 0 Å². The molecule has 0 saturated carbocycles. The first-order valence-corrected chi connectivity index (χ1v) is 7.54. The van der Waals surface area contributed by atoms with E-state index in [4.69, 9.17) is 23.7 Å². The minimum atomic E-state index is 0.584. The molecule has 1 heterocycles. The van der Waals surface area contributed by atoms with E-state index in [-0.39, 0.29) is 0 Å². The van der Waals surface area contributed by atoms with Gasteiger partial charge in [0.25, 0.3) is 0 Å². The van der Waals surface area contributed by atoms with Crippen molar-refractivity contribution in [3.63, 3.8) is 0 Å². The number of hydrogen-bond donors (Lipinski definition) is 0. The molecule has 0 radical (unpaired) electrons. The van der Waals surface area contributed by atoms with E-state index in [0.717, 1.165) is 22.6 Å². The van der Waals surface area contributed by atoms with Crippen LogP contribution in [0.2, 0.25) is 0 Å². The first-order valence-electron chi connectivity index (χ1n) is 7.54. The van der Waals surface area contributed by atoms with Gasteiger partial charge in [-0.05, 0) is 24.3 Å². The summed E-state index contributed by atoms with van der Waals surface area (Å²) in [5.41, 5.74) is 1.85. The third-order valence-electron chi connectivity index (χ3n) is 4.00. The highest BCUT2D eigenvalue weighted by Crippen LogP contribution is 2.42. The zero-order valence-electron chi connectivity index (χ0n) is 14.2. The van der Waals surface area contributed by atoms with Crippen molar-refractivity contribution in [1.82, 2.24) is 0 Å². The summed E-state index contributed by atoms with van der Waals surface area (Å²) in [5.74, 6) is 4.32. The van der Waals surface area contributed by atoms with Crippen LogP contribution in [0.4, 0.5) is 0 Å². The summed E-state index contributed by atoms with van der Waals surface area (Å²) in [6.07, 6.45) is 0.584. The molecule has 3 rings (SSSR count). The van der Waals surface area contributed by atoms with Gasteiger partial charge in [-0.1, -0.05) is 0 Å². The molecule has 1 aliphatic heterocycles. The smallest absolute Gasteiger partial charge is 0.172 e. The highest BCUT2D eigenvalue weighted by atomic mass is 16.5. The Labute approximate surface area is 141 Å². The van der Waals surface area contributed by atoms with E-state index < -0.39 is 0 Å². The molecule has 0 amide bonds. The molecular formula is C19H20O5. The molecule has 5 nitrogen and oxygen atoms in total. The Morgan fingerprint density at radius 2 is 1.50 bits per heavy atom. The molecule has 2 aromatic rings. The van der Waals surface area contributed by atoms with E-state index in [0.29, 0.717) is 29.4 Å². The maximum absolute atomic E-state index is 6.13. The molecule has 0 unspecified atom stereocenters. The number of hydrogen-bond acceptors (Lipinski definition) is 5. The van der Waals surface area contributed by atoms with E-state index in [2.05, 4.69) is 0 Å². The fraction of sp³-hybridized carbons (Fsp3) is 0.263. The van der Waals surface area contributed by atoms with Crippen molar-refractivity contribution in [2.75, 3.05) is 28.4 Å². The Kier molecular flexibility index (Phi) is 4.51. The Balaban J connectivity index is 2.04. The SMILES string of the molecule is COC1=C(c2ccc(OC)cc2)Oc2cc(OC)cc(OC)c2C1. The molecule has 2 aromatic carbocycles. The van der Waals surface area contributed by atoms with E-state index in [1.807, 2.05) is 36.4 Å². The Morgan fingerprint density at radius 1 is 0.792 bits per heavy atom. The maximum Gasteiger partial charge on any atom is 0.172 e. The second-order valence-corrected chi connectivity index (χ2v) is 5.27. The van der Waals surface area contributed by atoms with Gasteiger partial charge in [0.05, 0.1) is 28.4 Å². The second-order valence-electron chi connectivity index (χ2n) is 5.27. The topological polar surface area (TPSA) is 46.2 Å². The lowest BCUT2D eigenvalue weighted by molar-refractivity contribution is 0.264. The van der Waals surface area contributed by atoms with Gasteiger partial charge < -0.3 is 23.7 Å². The second kappa shape index (κ2) is 6.74. The number of rotatable bonds is 5. The fourth-order valence-corrected chi connectivity index (χ4v) is 2.70. The minimum Gasteiger partial charge on any atom is -0.497 e. The summed E-state index contributed by atoms with van der Waals surface area (Å²) in [6, 6.07) is 11.4. The molecule has 0 fully saturated rings. The number of benzene rings is 2. The van der Waals surface area contributed by atoms with E-state index >= 15 is 0 Å². The molecule has 0 atom stereocenters. The summed E-state index contributed by atoms with van der Waals surface area (Å²) in [7, 11) is 6.53. The molecule has 1 aliphatic rings. The van der Waals surface area contributed by atoms with Crippen LogP contribution in [0.15, 0.2) is 42.2 Å². The summed E-state index contributed by atoms with van der Waals surface area (Å²) in [5, 5.41) is 0. The molecule has 0 aromatic heterocycles. The van der Waals surface area contributed by atoms with E-state index in [1.165, 1.54) is 0 Å². The van der Waals surface area contributed by atoms with Crippen LogP contribution in [0.3, 0.4) is 0 Å². The van der Waals surface area contributed by atoms with Crippen molar-refractivity contribution >= 4 is 5.76 Å². The summed E-state index contributed by atoms with van der Waals surface area (Å²) >= 11 is 0. The van der Waals surface area contributed by atoms with Crippen molar-refractivity contribution in [3.8, 4) is 23.0 Å². The zero-order chi connectivity index (χ0) is 17.1. The molecule has 0 bridgehead atoms. The van der Waals surface area contributed by atoms with Crippen molar-refractivity contribution < 1.29 is 23.7 Å². The first kappa shape index (κ1) is 16.1. The average Bonchev–Trinajstić information content (AvgIpc) is 2.65. The quantitative estimate of drug-likeness (QED) is 0.838. The lowest BCUT2D eigenvalue weighted by atomic mass is 10.0. The third kappa shape index (κ3) is 2.85. The Bertz CT molecular complexity index is 762. The summed E-state index contributed by atoms with van der Waals surface area (Å²) in [4.78, 5) is 0. The molecule has 0 saturated heterocycles. The summed E-state index contributed by atoms with van der Waals surface area (Å²) in [6.45, 7) is 0. The molecule has 24 heavy (non-hydrogen) atoms. The lowest BCUT2D eigenvalue weighted by Gasteiger charge is -2.25. The van der Waals surface area contributed by atoms with Crippen LogP contribution >= 0.6 is 0 Å². The van der Waals surface area contributed by atoms with Crippen molar-refractivity contribution in [3.05, 3.63) is 53.3 Å². The largest absolute Gasteiger partial charge is 0.497 e. The van der Waals surface area contributed by atoms with Crippen molar-refractivity contribution in [2.45, 2.75) is 6.42 Å². The van der Waals surface area contributed by atoms with Gasteiger partial charge in [-0.25, -0.2) is 0 Å². The Hall–Kier alpha value is -2.82. The zero-order valence-corrected chi connectivity index (χ0v) is 14.2. The van der Waals surface area contributed by atoms with Gasteiger partial charge >= 0.3 is 0 Å². The molecule has 5 heteroatoms. The minimum absolute atomic E-state index is 0.584. The maximum atomic E-state index is 6.13. The van der Waals surface area contributed by atoms with Gasteiger partial charge in [0.15, 0.2) is 5.76 Å². The molecule has 0 aliphatic carbocycles. The number of allylic oxidation sites excluding steroid dienone is 1. The van der Waals surface area contributed by atoms with Crippen LogP contribution in [0.5, 0.6) is 23.0 Å². The average molecular weight is 328 g/mol. The van der Waals surface area contributed by atoms with Crippen molar-refractivity contribution in [1.29, 1.82) is 0 Å². The first-order chi connectivity index (χ1) is 11.7. The number of methoxy groups -OCH3 is 4. The van der Waals surface area contributed by atoms with E-state index in [9.17, 15) is 0 Å². The highest BCUT2D eigenvalue weighted by Gasteiger charge is 2.26. The van der Waals surface area contributed by atoms with Crippen LogP contribution in [0.1, 0.15) is 11.1 Å². The van der Waals surface area contributed by atoms with Gasteiger partial charge in [-0.2, -0.15) is 0 Å². The van der Waals surface area contributed by atoms with Gasteiger partial charge in [0, 0.05) is 29.7 Å². The van der Waals surface area contributed by atoms with Crippen LogP contribution in [-0.2, 0) is 11.2 Å². The predicted octanol–water partition coefficient (Wildman–Crippen LogP) is 3.66. The van der Waals surface area contributed by atoms with E-state index in [1.54, 1.807) is 28.4 Å². The lowest BCUT2D eigenvalue weighted by Crippen LogP contribution is -2.12.